The summed E-state index contributed by atoms with van der Waals surface area (Å²) < 4.78 is 17.4. The van der Waals surface area contributed by atoms with E-state index in [4.69, 9.17) is 14.2 Å². The van der Waals surface area contributed by atoms with Crippen molar-refractivity contribution in [3.8, 4) is 11.5 Å². The van der Waals surface area contributed by atoms with Crippen molar-refractivity contribution in [2.75, 3.05) is 20.8 Å². The van der Waals surface area contributed by atoms with Crippen LogP contribution in [0.25, 0.3) is 0 Å². The Morgan fingerprint density at radius 1 is 0.643 bits per heavy atom. The zero-order valence-electron chi connectivity index (χ0n) is 16.9. The number of methoxy groups -OCH3 is 2. The van der Waals surface area contributed by atoms with Crippen LogP contribution in [0.1, 0.15) is 36.5 Å². The summed E-state index contributed by atoms with van der Waals surface area (Å²) in [5.41, 5.74) is 2.54. The Labute approximate surface area is 167 Å². The van der Waals surface area contributed by atoms with Gasteiger partial charge in [0.15, 0.2) is 0 Å². The molecule has 3 rings (SSSR count). The lowest BCUT2D eigenvalue weighted by atomic mass is 9.80. The average molecular weight is 376 g/mol. The Bertz CT molecular complexity index is 792. The number of rotatable bonds is 9. The second-order valence-electron chi connectivity index (χ2n) is 6.71. The second-order valence-corrected chi connectivity index (χ2v) is 6.71. The summed E-state index contributed by atoms with van der Waals surface area (Å²) in [6.45, 7) is 2.85. The number of unbranched alkanes of at least 4 members (excludes halogenated alkanes) is 1. The molecule has 0 amide bonds. The van der Waals surface area contributed by atoms with E-state index in [2.05, 4.69) is 55.5 Å². The molecule has 0 atom stereocenters. The maximum Gasteiger partial charge on any atom is 0.143 e. The van der Waals surface area contributed by atoms with Gasteiger partial charge in [-0.25, -0.2) is 0 Å². The molecule has 3 aromatic rings. The second kappa shape index (κ2) is 9.43. The summed E-state index contributed by atoms with van der Waals surface area (Å²) in [5.74, 6) is 1.66. The molecule has 0 unspecified atom stereocenters. The summed E-state index contributed by atoms with van der Waals surface area (Å²) in [6, 6.07) is 26.7. The zero-order chi connectivity index (χ0) is 19.8. The maximum atomic E-state index is 6.69. The van der Waals surface area contributed by atoms with Gasteiger partial charge in [0.2, 0.25) is 0 Å². The molecule has 0 aromatic heterocycles. The van der Waals surface area contributed by atoms with Gasteiger partial charge in [0.25, 0.3) is 0 Å². The first kappa shape index (κ1) is 20.0. The molecule has 146 valence electrons. The van der Waals surface area contributed by atoms with Gasteiger partial charge in [-0.1, -0.05) is 67.9 Å². The van der Waals surface area contributed by atoms with E-state index < -0.39 is 5.60 Å². The highest BCUT2D eigenvalue weighted by molar-refractivity contribution is 5.49. The van der Waals surface area contributed by atoms with Crippen molar-refractivity contribution in [2.24, 2.45) is 0 Å². The minimum atomic E-state index is -0.699. The molecule has 0 saturated heterocycles. The van der Waals surface area contributed by atoms with E-state index in [1.807, 2.05) is 30.3 Å². The molecule has 3 aromatic carbocycles. The zero-order valence-corrected chi connectivity index (χ0v) is 16.9. The first-order valence-electron chi connectivity index (χ1n) is 9.73. The van der Waals surface area contributed by atoms with Crippen LogP contribution in [0.5, 0.6) is 11.5 Å². The standard InChI is InChI=1S/C25H28O3/c1-4-5-19-28-25(20-9-7-6-8-10-20,21-11-15-23(26-2)16-12-21)22-13-17-24(27-3)18-14-22/h6-18H,4-5,19H2,1-3H3. The summed E-state index contributed by atoms with van der Waals surface area (Å²) in [4.78, 5) is 0. The summed E-state index contributed by atoms with van der Waals surface area (Å²) >= 11 is 0. The third-order valence-corrected chi connectivity index (χ3v) is 4.99. The van der Waals surface area contributed by atoms with Crippen molar-refractivity contribution in [1.29, 1.82) is 0 Å². The van der Waals surface area contributed by atoms with E-state index in [-0.39, 0.29) is 0 Å². The van der Waals surface area contributed by atoms with Crippen LogP contribution in [-0.2, 0) is 10.3 Å². The fraction of sp³-hybridized carbons (Fsp3) is 0.280. The van der Waals surface area contributed by atoms with Crippen LogP contribution in [0.2, 0.25) is 0 Å². The molecule has 0 aliphatic heterocycles. The monoisotopic (exact) mass is 376 g/mol. The number of hydrogen-bond acceptors (Lipinski definition) is 3. The van der Waals surface area contributed by atoms with E-state index in [0.29, 0.717) is 6.61 Å². The minimum absolute atomic E-state index is 0.670. The van der Waals surface area contributed by atoms with E-state index in [9.17, 15) is 0 Å². The summed E-state index contributed by atoms with van der Waals surface area (Å²) in [5, 5.41) is 0. The first-order chi connectivity index (χ1) is 13.7. The Hall–Kier alpha value is -2.78. The van der Waals surface area contributed by atoms with Crippen LogP contribution in [-0.4, -0.2) is 20.8 Å². The molecule has 0 spiro atoms. The molecule has 0 radical (unpaired) electrons. The molecule has 0 bridgehead atoms. The Balaban J connectivity index is 2.20. The molecule has 0 aliphatic carbocycles. The molecular formula is C25H28O3. The Kier molecular flexibility index (Phi) is 6.72. The van der Waals surface area contributed by atoms with E-state index in [1.165, 1.54) is 0 Å². The molecule has 28 heavy (non-hydrogen) atoms. The smallest absolute Gasteiger partial charge is 0.143 e. The molecule has 0 saturated carbocycles. The van der Waals surface area contributed by atoms with Crippen LogP contribution >= 0.6 is 0 Å². The van der Waals surface area contributed by atoms with E-state index >= 15 is 0 Å². The molecule has 0 aliphatic rings. The summed E-state index contributed by atoms with van der Waals surface area (Å²) in [7, 11) is 3.36. The van der Waals surface area contributed by atoms with Gasteiger partial charge in [-0.15, -0.1) is 0 Å². The topological polar surface area (TPSA) is 27.7 Å². The highest BCUT2D eigenvalue weighted by Crippen LogP contribution is 2.41. The van der Waals surface area contributed by atoms with Crippen molar-refractivity contribution >= 4 is 0 Å². The van der Waals surface area contributed by atoms with Gasteiger partial charge in [0.05, 0.1) is 14.2 Å². The Morgan fingerprint density at radius 3 is 1.54 bits per heavy atom. The maximum absolute atomic E-state index is 6.69. The van der Waals surface area contributed by atoms with Crippen molar-refractivity contribution < 1.29 is 14.2 Å². The van der Waals surface area contributed by atoms with Gasteiger partial charge in [-0.3, -0.25) is 0 Å². The van der Waals surface area contributed by atoms with Gasteiger partial charge in [0, 0.05) is 6.61 Å². The van der Waals surface area contributed by atoms with Crippen LogP contribution in [0.4, 0.5) is 0 Å². The van der Waals surface area contributed by atoms with E-state index in [0.717, 1.165) is 41.0 Å². The van der Waals surface area contributed by atoms with Gasteiger partial charge < -0.3 is 14.2 Å². The van der Waals surface area contributed by atoms with Crippen LogP contribution in [0.3, 0.4) is 0 Å². The van der Waals surface area contributed by atoms with Crippen molar-refractivity contribution in [3.05, 3.63) is 95.6 Å². The highest BCUT2D eigenvalue weighted by atomic mass is 16.5. The van der Waals surface area contributed by atoms with Crippen molar-refractivity contribution in [2.45, 2.75) is 25.4 Å². The van der Waals surface area contributed by atoms with E-state index in [1.54, 1.807) is 14.2 Å². The third kappa shape index (κ3) is 4.05. The number of hydrogen-bond donors (Lipinski definition) is 0. The molecular weight excluding hydrogens is 348 g/mol. The average Bonchev–Trinajstić information content (AvgIpc) is 2.78. The first-order valence-corrected chi connectivity index (χ1v) is 9.73. The van der Waals surface area contributed by atoms with Crippen LogP contribution in [0.15, 0.2) is 78.9 Å². The fourth-order valence-corrected chi connectivity index (χ4v) is 3.44. The quantitative estimate of drug-likeness (QED) is 0.348. The lowest BCUT2D eigenvalue weighted by Crippen LogP contribution is -2.33. The predicted molar refractivity (Wildman–Crippen MR) is 113 cm³/mol. The third-order valence-electron chi connectivity index (χ3n) is 4.99. The lowest BCUT2D eigenvalue weighted by Gasteiger charge is -2.36. The predicted octanol–water partition coefficient (Wildman–Crippen LogP) is 5.81. The molecule has 0 fully saturated rings. The normalized spacial score (nSPS) is 11.2. The molecule has 3 heteroatoms. The minimum Gasteiger partial charge on any atom is -0.497 e. The molecule has 0 heterocycles. The van der Waals surface area contributed by atoms with Crippen LogP contribution < -0.4 is 9.47 Å². The van der Waals surface area contributed by atoms with Gasteiger partial charge >= 0.3 is 0 Å². The molecule has 3 nitrogen and oxygen atoms in total. The summed E-state index contributed by atoms with van der Waals surface area (Å²) in [6.07, 6.45) is 2.08. The Morgan fingerprint density at radius 2 is 1.11 bits per heavy atom. The van der Waals surface area contributed by atoms with Gasteiger partial charge in [0.1, 0.15) is 17.1 Å². The van der Waals surface area contributed by atoms with Crippen molar-refractivity contribution in [1.82, 2.24) is 0 Å². The number of ether oxygens (including phenoxy) is 3. The SMILES string of the molecule is CCCCOC(c1ccccc1)(c1ccc(OC)cc1)c1ccc(OC)cc1. The van der Waals surface area contributed by atoms with Gasteiger partial charge in [-0.2, -0.15) is 0 Å². The lowest BCUT2D eigenvalue weighted by molar-refractivity contribution is 0.0112. The van der Waals surface area contributed by atoms with Gasteiger partial charge in [-0.05, 0) is 47.4 Å². The molecule has 0 N–H and O–H groups in total. The van der Waals surface area contributed by atoms with Crippen LogP contribution in [0, 0.1) is 0 Å². The highest BCUT2D eigenvalue weighted by Gasteiger charge is 2.37. The fourth-order valence-electron chi connectivity index (χ4n) is 3.44. The largest absolute Gasteiger partial charge is 0.497 e. The van der Waals surface area contributed by atoms with Crippen molar-refractivity contribution in [3.63, 3.8) is 0 Å². The number of benzene rings is 3.